The van der Waals surface area contributed by atoms with Gasteiger partial charge in [0.25, 0.3) is 0 Å². The molecule has 1 aliphatic rings. The van der Waals surface area contributed by atoms with Gasteiger partial charge in [0.1, 0.15) is 11.5 Å². The van der Waals surface area contributed by atoms with Crippen molar-refractivity contribution in [2.24, 2.45) is 5.92 Å². The normalized spacial score (nSPS) is 15.1. The molecule has 1 heterocycles. The van der Waals surface area contributed by atoms with Gasteiger partial charge in [-0.1, -0.05) is 30.3 Å². The maximum Gasteiger partial charge on any atom is 0.220 e. The van der Waals surface area contributed by atoms with Crippen molar-refractivity contribution in [2.75, 3.05) is 33.9 Å². The Morgan fingerprint density at radius 2 is 1.76 bits per heavy atom. The fraction of sp³-hybridized carbons (Fsp3) is 0.458. The number of hydrogen-bond acceptors (Lipinski definition) is 4. The molecule has 0 spiro atoms. The van der Waals surface area contributed by atoms with Crippen LogP contribution in [0, 0.1) is 5.92 Å². The van der Waals surface area contributed by atoms with Crippen molar-refractivity contribution in [1.29, 1.82) is 0 Å². The summed E-state index contributed by atoms with van der Waals surface area (Å²) in [6.07, 6.45) is 3.46. The van der Waals surface area contributed by atoms with E-state index in [2.05, 4.69) is 22.3 Å². The first kappa shape index (κ1) is 21.2. The number of nitrogens with zero attached hydrogens (tertiary/aromatic N) is 1. The van der Waals surface area contributed by atoms with Crippen molar-refractivity contribution in [2.45, 2.75) is 32.2 Å². The van der Waals surface area contributed by atoms with Crippen LogP contribution in [0.4, 0.5) is 0 Å². The summed E-state index contributed by atoms with van der Waals surface area (Å²) < 4.78 is 10.6. The van der Waals surface area contributed by atoms with Crippen molar-refractivity contribution in [1.82, 2.24) is 10.2 Å². The van der Waals surface area contributed by atoms with Crippen LogP contribution in [0.1, 0.15) is 30.4 Å². The molecular formula is C24H32N2O3. The summed E-state index contributed by atoms with van der Waals surface area (Å²) >= 11 is 0. The number of methoxy groups -OCH3 is 2. The maximum absolute atomic E-state index is 12.2. The number of hydrogen-bond donors (Lipinski definition) is 1. The number of benzene rings is 2. The summed E-state index contributed by atoms with van der Waals surface area (Å²) in [7, 11) is 3.36. The molecule has 3 rings (SSSR count). The lowest BCUT2D eigenvalue weighted by Crippen LogP contribution is -2.38. The molecule has 0 atom stereocenters. The predicted octanol–water partition coefficient (Wildman–Crippen LogP) is 3.66. The van der Waals surface area contributed by atoms with Gasteiger partial charge in [-0.15, -0.1) is 0 Å². The number of carbonyl (C=O) groups excluding carboxylic acids is 1. The second-order valence-corrected chi connectivity index (χ2v) is 7.68. The molecule has 0 saturated carbocycles. The monoisotopic (exact) mass is 396 g/mol. The van der Waals surface area contributed by atoms with E-state index in [1.54, 1.807) is 14.2 Å². The quantitative estimate of drug-likeness (QED) is 0.703. The lowest BCUT2D eigenvalue weighted by molar-refractivity contribution is -0.121. The molecule has 1 amide bonds. The molecule has 29 heavy (non-hydrogen) atoms. The number of aryl methyl sites for hydroxylation is 1. The zero-order valence-electron chi connectivity index (χ0n) is 17.5. The molecule has 1 aliphatic heterocycles. The van der Waals surface area contributed by atoms with Crippen molar-refractivity contribution in [3.05, 3.63) is 59.7 Å². The van der Waals surface area contributed by atoms with E-state index in [0.29, 0.717) is 18.8 Å². The predicted molar refractivity (Wildman–Crippen MR) is 115 cm³/mol. The summed E-state index contributed by atoms with van der Waals surface area (Å²) in [5.41, 5.74) is 2.39. The van der Waals surface area contributed by atoms with Crippen LogP contribution >= 0.6 is 0 Å². The fourth-order valence-corrected chi connectivity index (χ4v) is 3.84. The first-order chi connectivity index (χ1) is 14.2. The molecule has 1 fully saturated rings. The third-order valence-corrected chi connectivity index (χ3v) is 5.67. The van der Waals surface area contributed by atoms with Gasteiger partial charge in [0.05, 0.1) is 14.2 Å². The van der Waals surface area contributed by atoms with Crippen LogP contribution in [0.5, 0.6) is 11.5 Å². The zero-order chi connectivity index (χ0) is 20.5. The van der Waals surface area contributed by atoms with Crippen LogP contribution in [0.2, 0.25) is 0 Å². The highest BCUT2D eigenvalue weighted by molar-refractivity contribution is 5.76. The molecule has 0 radical (unpaired) electrons. The van der Waals surface area contributed by atoms with Crippen LogP contribution < -0.4 is 14.8 Å². The Kier molecular flexibility index (Phi) is 7.94. The number of rotatable bonds is 9. The molecule has 1 N–H and O–H groups in total. The van der Waals surface area contributed by atoms with Gasteiger partial charge in [0, 0.05) is 19.5 Å². The van der Waals surface area contributed by atoms with Crippen molar-refractivity contribution >= 4 is 5.91 Å². The van der Waals surface area contributed by atoms with Gasteiger partial charge >= 0.3 is 0 Å². The summed E-state index contributed by atoms with van der Waals surface area (Å²) in [6, 6.07) is 16.2. The second-order valence-electron chi connectivity index (χ2n) is 7.68. The first-order valence-corrected chi connectivity index (χ1v) is 10.4. The largest absolute Gasteiger partial charge is 0.497 e. The molecule has 0 unspecified atom stereocenters. The fourth-order valence-electron chi connectivity index (χ4n) is 3.84. The molecule has 0 aromatic heterocycles. The molecule has 2 aromatic carbocycles. The molecule has 5 nitrogen and oxygen atoms in total. The zero-order valence-corrected chi connectivity index (χ0v) is 17.5. The maximum atomic E-state index is 12.2. The minimum Gasteiger partial charge on any atom is -0.497 e. The van der Waals surface area contributed by atoms with Crippen LogP contribution in [-0.2, 0) is 17.8 Å². The molecular weight excluding hydrogens is 364 g/mol. The Bertz CT molecular complexity index is 768. The molecule has 1 saturated heterocycles. The number of amides is 1. The Balaban J connectivity index is 1.34. The lowest BCUT2D eigenvalue weighted by Gasteiger charge is -2.32. The van der Waals surface area contributed by atoms with E-state index in [1.807, 2.05) is 36.4 Å². The third kappa shape index (κ3) is 6.50. The van der Waals surface area contributed by atoms with Gasteiger partial charge in [-0.25, -0.2) is 0 Å². The van der Waals surface area contributed by atoms with Crippen molar-refractivity contribution < 1.29 is 14.3 Å². The van der Waals surface area contributed by atoms with E-state index < -0.39 is 0 Å². The third-order valence-electron chi connectivity index (χ3n) is 5.67. The molecule has 156 valence electrons. The number of para-hydroxylation sites is 1. The Morgan fingerprint density at radius 1 is 1.03 bits per heavy atom. The topological polar surface area (TPSA) is 50.8 Å². The highest BCUT2D eigenvalue weighted by atomic mass is 16.5. The van der Waals surface area contributed by atoms with E-state index in [9.17, 15) is 4.79 Å². The summed E-state index contributed by atoms with van der Waals surface area (Å²) in [6.45, 7) is 3.91. The van der Waals surface area contributed by atoms with Crippen molar-refractivity contribution in [3.8, 4) is 11.5 Å². The molecule has 5 heteroatoms. The average Bonchev–Trinajstić information content (AvgIpc) is 2.78. The minimum absolute atomic E-state index is 0.122. The number of likely N-dealkylation sites (tertiary alicyclic amines) is 1. The number of nitrogens with one attached hydrogen (secondary N) is 1. The van der Waals surface area contributed by atoms with Crippen LogP contribution in [0.15, 0.2) is 48.5 Å². The van der Waals surface area contributed by atoms with Crippen molar-refractivity contribution in [3.63, 3.8) is 0 Å². The smallest absolute Gasteiger partial charge is 0.220 e. The van der Waals surface area contributed by atoms with E-state index in [0.717, 1.165) is 56.1 Å². The molecule has 2 aromatic rings. The van der Waals surface area contributed by atoms with Gasteiger partial charge in [-0.2, -0.15) is 0 Å². The van der Waals surface area contributed by atoms with Gasteiger partial charge in [-0.05, 0) is 67.6 Å². The van der Waals surface area contributed by atoms with Gasteiger partial charge in [0.15, 0.2) is 0 Å². The van der Waals surface area contributed by atoms with E-state index in [1.165, 1.54) is 5.56 Å². The Morgan fingerprint density at radius 3 is 2.45 bits per heavy atom. The molecule has 0 bridgehead atoms. The second kappa shape index (κ2) is 10.9. The highest BCUT2D eigenvalue weighted by Crippen LogP contribution is 2.21. The number of carbonyl (C=O) groups is 1. The minimum atomic E-state index is 0.122. The summed E-state index contributed by atoms with van der Waals surface area (Å²) in [5.74, 6) is 2.44. The standard InChI is InChI=1S/C24H32N2O3/c1-28-22-10-7-20(8-11-22)18-26-15-13-19(14-16-26)17-25-24(27)12-9-21-5-3-4-6-23(21)29-2/h3-8,10-11,19H,9,12-18H2,1-2H3,(H,25,27). The molecule has 0 aliphatic carbocycles. The van der Waals surface area contributed by atoms with E-state index in [4.69, 9.17) is 9.47 Å². The number of piperidine rings is 1. The Labute approximate surface area is 174 Å². The van der Waals surface area contributed by atoms with Crippen LogP contribution in [0.3, 0.4) is 0 Å². The van der Waals surface area contributed by atoms with Gasteiger partial charge in [0.2, 0.25) is 5.91 Å². The first-order valence-electron chi connectivity index (χ1n) is 10.4. The lowest BCUT2D eigenvalue weighted by atomic mass is 9.96. The Hall–Kier alpha value is -2.53. The number of ether oxygens (including phenoxy) is 2. The summed E-state index contributed by atoms with van der Waals surface area (Å²) in [5, 5.41) is 3.13. The van der Waals surface area contributed by atoms with Gasteiger partial charge < -0.3 is 14.8 Å². The SMILES string of the molecule is COc1ccc(CN2CCC(CNC(=O)CCc3ccccc3OC)CC2)cc1. The van der Waals surface area contributed by atoms with E-state index in [-0.39, 0.29) is 5.91 Å². The van der Waals surface area contributed by atoms with Crippen LogP contribution in [0.25, 0.3) is 0 Å². The summed E-state index contributed by atoms with van der Waals surface area (Å²) in [4.78, 5) is 14.7. The van der Waals surface area contributed by atoms with Crippen LogP contribution in [-0.4, -0.2) is 44.7 Å². The van der Waals surface area contributed by atoms with Gasteiger partial charge in [-0.3, -0.25) is 9.69 Å². The average molecular weight is 397 g/mol. The van der Waals surface area contributed by atoms with E-state index >= 15 is 0 Å². The highest BCUT2D eigenvalue weighted by Gasteiger charge is 2.20.